The zero-order valence-electron chi connectivity index (χ0n) is 12.0. The van der Waals surface area contributed by atoms with Crippen molar-refractivity contribution >= 4 is 17.7 Å². The molecule has 0 radical (unpaired) electrons. The van der Waals surface area contributed by atoms with Crippen molar-refractivity contribution in [1.29, 1.82) is 0 Å². The van der Waals surface area contributed by atoms with E-state index in [0.717, 1.165) is 10.5 Å². The molecule has 0 fully saturated rings. The van der Waals surface area contributed by atoms with Gasteiger partial charge in [0, 0.05) is 18.6 Å². The summed E-state index contributed by atoms with van der Waals surface area (Å²) >= 11 is 1.56. The molecule has 2 aromatic carbocycles. The summed E-state index contributed by atoms with van der Waals surface area (Å²) in [5.41, 5.74) is 1.00. The minimum Gasteiger partial charge on any atom is -0.383 e. The zero-order valence-corrected chi connectivity index (χ0v) is 12.8. The number of rotatable bonds is 7. The summed E-state index contributed by atoms with van der Waals surface area (Å²) in [5, 5.41) is 2.66. The van der Waals surface area contributed by atoms with Gasteiger partial charge in [-0.1, -0.05) is 48.5 Å². The first-order chi connectivity index (χ1) is 10.3. The monoisotopic (exact) mass is 301 g/mol. The van der Waals surface area contributed by atoms with Crippen LogP contribution < -0.4 is 5.32 Å². The SMILES string of the molecule is COCCNC(=O)[C@H](Sc1ccccc1)c1ccccc1. The molecule has 4 heteroatoms. The summed E-state index contributed by atoms with van der Waals surface area (Å²) in [6.07, 6.45) is 0. The fourth-order valence-corrected chi connectivity index (χ4v) is 2.97. The van der Waals surface area contributed by atoms with E-state index in [-0.39, 0.29) is 11.2 Å². The Labute approximate surface area is 129 Å². The molecule has 3 nitrogen and oxygen atoms in total. The van der Waals surface area contributed by atoms with Crippen molar-refractivity contribution < 1.29 is 9.53 Å². The molecule has 0 heterocycles. The summed E-state index contributed by atoms with van der Waals surface area (Å²) in [4.78, 5) is 13.5. The lowest BCUT2D eigenvalue weighted by Crippen LogP contribution is -2.30. The van der Waals surface area contributed by atoms with Crippen molar-refractivity contribution in [3.8, 4) is 0 Å². The molecule has 0 aromatic heterocycles. The number of ether oxygens (including phenoxy) is 1. The molecule has 110 valence electrons. The normalized spacial score (nSPS) is 11.9. The molecule has 2 aromatic rings. The van der Waals surface area contributed by atoms with Crippen LogP contribution in [-0.2, 0) is 9.53 Å². The van der Waals surface area contributed by atoms with Crippen LogP contribution in [0.5, 0.6) is 0 Å². The minimum absolute atomic E-state index is 0.00658. The second-order valence-corrected chi connectivity index (χ2v) is 5.68. The van der Waals surface area contributed by atoms with Gasteiger partial charge in [-0.25, -0.2) is 0 Å². The van der Waals surface area contributed by atoms with Gasteiger partial charge in [0.2, 0.25) is 5.91 Å². The molecule has 1 amide bonds. The lowest BCUT2D eigenvalue weighted by molar-refractivity contribution is -0.120. The van der Waals surface area contributed by atoms with Crippen molar-refractivity contribution in [2.24, 2.45) is 0 Å². The van der Waals surface area contributed by atoms with Gasteiger partial charge in [-0.05, 0) is 17.7 Å². The standard InChI is InChI=1S/C17H19NO2S/c1-20-13-12-18-17(19)16(14-8-4-2-5-9-14)21-15-10-6-3-7-11-15/h2-11,16H,12-13H2,1H3,(H,18,19)/t16-/m1/s1. The first kappa shape index (κ1) is 15.6. The van der Waals surface area contributed by atoms with Gasteiger partial charge in [-0.2, -0.15) is 0 Å². The van der Waals surface area contributed by atoms with E-state index in [2.05, 4.69) is 5.32 Å². The Morgan fingerprint density at radius 1 is 1.10 bits per heavy atom. The molecule has 0 aliphatic heterocycles. The predicted molar refractivity (Wildman–Crippen MR) is 86.4 cm³/mol. The van der Waals surface area contributed by atoms with Gasteiger partial charge in [-0.15, -0.1) is 11.8 Å². The van der Waals surface area contributed by atoms with E-state index in [4.69, 9.17) is 4.74 Å². The lowest BCUT2D eigenvalue weighted by atomic mass is 10.1. The van der Waals surface area contributed by atoms with Crippen molar-refractivity contribution in [2.45, 2.75) is 10.1 Å². The topological polar surface area (TPSA) is 38.3 Å². The molecule has 0 spiro atoms. The van der Waals surface area contributed by atoms with Crippen molar-refractivity contribution in [2.75, 3.05) is 20.3 Å². The van der Waals surface area contributed by atoms with E-state index in [0.29, 0.717) is 13.2 Å². The van der Waals surface area contributed by atoms with Crippen LogP contribution in [0.4, 0.5) is 0 Å². The minimum atomic E-state index is -0.259. The summed E-state index contributed by atoms with van der Waals surface area (Å²) < 4.78 is 4.97. The molecule has 0 saturated carbocycles. The van der Waals surface area contributed by atoms with E-state index in [9.17, 15) is 4.79 Å². The largest absolute Gasteiger partial charge is 0.383 e. The third-order valence-corrected chi connectivity index (χ3v) is 4.21. The molecule has 2 rings (SSSR count). The van der Waals surface area contributed by atoms with Crippen molar-refractivity contribution in [3.63, 3.8) is 0 Å². The number of amides is 1. The molecule has 0 aliphatic rings. The van der Waals surface area contributed by atoms with E-state index in [1.807, 2.05) is 60.7 Å². The molecular weight excluding hydrogens is 282 g/mol. The Morgan fingerprint density at radius 2 is 1.71 bits per heavy atom. The van der Waals surface area contributed by atoms with E-state index >= 15 is 0 Å². The number of nitrogens with one attached hydrogen (secondary N) is 1. The Bertz CT molecular complexity index is 545. The Morgan fingerprint density at radius 3 is 2.33 bits per heavy atom. The summed E-state index contributed by atoms with van der Waals surface area (Å²) in [6.45, 7) is 1.04. The fraction of sp³-hybridized carbons (Fsp3) is 0.235. The highest BCUT2D eigenvalue weighted by Crippen LogP contribution is 2.35. The van der Waals surface area contributed by atoms with Crippen LogP contribution >= 0.6 is 11.8 Å². The van der Waals surface area contributed by atoms with Crippen LogP contribution in [0.25, 0.3) is 0 Å². The molecule has 1 N–H and O–H groups in total. The highest BCUT2D eigenvalue weighted by Gasteiger charge is 2.21. The molecule has 0 aliphatic carbocycles. The number of carbonyl (C=O) groups is 1. The number of benzene rings is 2. The van der Waals surface area contributed by atoms with Crippen LogP contribution in [-0.4, -0.2) is 26.2 Å². The van der Waals surface area contributed by atoms with E-state index < -0.39 is 0 Å². The van der Waals surface area contributed by atoms with Crippen LogP contribution in [0.2, 0.25) is 0 Å². The second kappa shape index (κ2) is 8.49. The summed E-state index contributed by atoms with van der Waals surface area (Å²) in [7, 11) is 1.62. The average molecular weight is 301 g/mol. The maximum atomic E-state index is 12.4. The van der Waals surface area contributed by atoms with Crippen LogP contribution in [0, 0.1) is 0 Å². The number of methoxy groups -OCH3 is 1. The van der Waals surface area contributed by atoms with Crippen LogP contribution in [0.15, 0.2) is 65.6 Å². The molecular formula is C17H19NO2S. The van der Waals surface area contributed by atoms with Gasteiger partial charge in [-0.3, -0.25) is 4.79 Å². The van der Waals surface area contributed by atoms with E-state index in [1.165, 1.54) is 0 Å². The van der Waals surface area contributed by atoms with Gasteiger partial charge >= 0.3 is 0 Å². The zero-order chi connectivity index (χ0) is 14.9. The highest BCUT2D eigenvalue weighted by atomic mass is 32.2. The van der Waals surface area contributed by atoms with Gasteiger partial charge in [0.25, 0.3) is 0 Å². The first-order valence-electron chi connectivity index (χ1n) is 6.84. The third kappa shape index (κ3) is 4.92. The van der Waals surface area contributed by atoms with Crippen molar-refractivity contribution in [3.05, 3.63) is 66.2 Å². The number of hydrogen-bond acceptors (Lipinski definition) is 3. The number of carbonyl (C=O) groups excluding carboxylic acids is 1. The Kier molecular flexibility index (Phi) is 6.31. The quantitative estimate of drug-likeness (QED) is 0.630. The molecule has 0 saturated heterocycles. The maximum Gasteiger partial charge on any atom is 0.238 e. The van der Waals surface area contributed by atoms with Crippen molar-refractivity contribution in [1.82, 2.24) is 5.32 Å². The highest BCUT2D eigenvalue weighted by molar-refractivity contribution is 8.00. The molecule has 21 heavy (non-hydrogen) atoms. The Hall–Kier alpha value is -1.78. The van der Waals surface area contributed by atoms with Gasteiger partial charge in [0.05, 0.1) is 6.61 Å². The fourth-order valence-electron chi connectivity index (χ4n) is 1.90. The Balaban J connectivity index is 2.12. The summed E-state index contributed by atoms with van der Waals surface area (Å²) in [5.74, 6) is 0.00658. The third-order valence-electron chi connectivity index (χ3n) is 2.94. The molecule has 1 atom stereocenters. The molecule has 0 bridgehead atoms. The van der Waals surface area contributed by atoms with Crippen LogP contribution in [0.1, 0.15) is 10.8 Å². The maximum absolute atomic E-state index is 12.4. The van der Waals surface area contributed by atoms with Gasteiger partial charge in [0.1, 0.15) is 5.25 Å². The van der Waals surface area contributed by atoms with Gasteiger partial charge < -0.3 is 10.1 Å². The number of hydrogen-bond donors (Lipinski definition) is 1. The van der Waals surface area contributed by atoms with Gasteiger partial charge in [0.15, 0.2) is 0 Å². The second-order valence-electron chi connectivity index (χ2n) is 4.51. The summed E-state index contributed by atoms with van der Waals surface area (Å²) in [6, 6.07) is 19.8. The number of thioether (sulfide) groups is 1. The van der Waals surface area contributed by atoms with E-state index in [1.54, 1.807) is 18.9 Å². The first-order valence-corrected chi connectivity index (χ1v) is 7.72. The average Bonchev–Trinajstić information content (AvgIpc) is 2.54. The van der Waals surface area contributed by atoms with Crippen LogP contribution in [0.3, 0.4) is 0 Å². The predicted octanol–water partition coefficient (Wildman–Crippen LogP) is 3.28. The lowest BCUT2D eigenvalue weighted by Gasteiger charge is -2.17. The molecule has 0 unspecified atom stereocenters. The smallest absolute Gasteiger partial charge is 0.238 e.